The summed E-state index contributed by atoms with van der Waals surface area (Å²) in [6.07, 6.45) is 0. The first-order valence-electron chi connectivity index (χ1n) is 7.22. The van der Waals surface area contributed by atoms with Crippen molar-refractivity contribution in [3.63, 3.8) is 0 Å². The van der Waals surface area contributed by atoms with Gasteiger partial charge in [0.1, 0.15) is 0 Å². The number of carbonyl (C=O) groups is 2. The van der Waals surface area contributed by atoms with Crippen LogP contribution in [0, 0.1) is 3.57 Å². The van der Waals surface area contributed by atoms with Gasteiger partial charge in [-0.15, -0.1) is 0 Å². The van der Waals surface area contributed by atoms with Crippen LogP contribution in [0.1, 0.15) is 15.9 Å². The Morgan fingerprint density at radius 2 is 1.96 bits per heavy atom. The summed E-state index contributed by atoms with van der Waals surface area (Å²) in [6.45, 7) is 0.0748. The number of halogens is 2. The van der Waals surface area contributed by atoms with Gasteiger partial charge in [0.25, 0.3) is 11.8 Å². The number of methoxy groups -OCH3 is 1. The summed E-state index contributed by atoms with van der Waals surface area (Å²) in [5, 5.41) is 3.42. The van der Waals surface area contributed by atoms with Gasteiger partial charge in [-0.3, -0.25) is 9.59 Å². The molecule has 2 amide bonds. The lowest BCUT2D eigenvalue weighted by Crippen LogP contribution is -2.23. The molecule has 0 radical (unpaired) electrons. The fourth-order valence-corrected chi connectivity index (χ4v) is 3.16. The lowest BCUT2D eigenvalue weighted by molar-refractivity contribution is -0.119. The summed E-state index contributed by atoms with van der Waals surface area (Å²) in [6, 6.07) is 10.2. The first-order valence-corrected chi connectivity index (χ1v) is 8.67. The van der Waals surface area contributed by atoms with Crippen molar-refractivity contribution in [1.82, 2.24) is 5.32 Å². The van der Waals surface area contributed by atoms with Crippen LogP contribution in [0.3, 0.4) is 0 Å². The molecule has 0 aromatic heterocycles. The topological polar surface area (TPSA) is 90.7 Å². The molecule has 0 saturated heterocycles. The summed E-state index contributed by atoms with van der Waals surface area (Å²) in [5.74, 6) is 0.0859. The van der Waals surface area contributed by atoms with Crippen LogP contribution in [0.5, 0.6) is 11.5 Å². The summed E-state index contributed by atoms with van der Waals surface area (Å²) >= 11 is 7.96. The highest BCUT2D eigenvalue weighted by molar-refractivity contribution is 14.1. The molecule has 0 aliphatic heterocycles. The van der Waals surface area contributed by atoms with Gasteiger partial charge in [-0.1, -0.05) is 17.7 Å². The maximum absolute atomic E-state index is 12.3. The predicted molar refractivity (Wildman–Crippen MR) is 103 cm³/mol. The number of nitrogens with one attached hydrogen (secondary N) is 1. The smallest absolute Gasteiger partial charge is 0.255 e. The Kier molecular flexibility index (Phi) is 6.89. The van der Waals surface area contributed by atoms with Crippen LogP contribution in [0.15, 0.2) is 36.4 Å². The third-order valence-corrected chi connectivity index (χ3v) is 4.35. The monoisotopic (exact) mass is 474 g/mol. The number of rotatable bonds is 7. The summed E-state index contributed by atoms with van der Waals surface area (Å²) < 4.78 is 11.3. The van der Waals surface area contributed by atoms with Gasteiger partial charge in [0.2, 0.25) is 0 Å². The van der Waals surface area contributed by atoms with Crippen molar-refractivity contribution in [1.29, 1.82) is 0 Å². The minimum absolute atomic E-state index is 0.200. The normalized spacial score (nSPS) is 10.2. The van der Waals surface area contributed by atoms with Crippen molar-refractivity contribution in [2.75, 3.05) is 13.7 Å². The Balaban J connectivity index is 2.05. The van der Waals surface area contributed by atoms with E-state index in [0.29, 0.717) is 28.6 Å². The molecule has 0 heterocycles. The van der Waals surface area contributed by atoms with Crippen LogP contribution in [0.4, 0.5) is 0 Å². The lowest BCUT2D eigenvalue weighted by atomic mass is 10.1. The molecule has 3 N–H and O–H groups in total. The zero-order valence-corrected chi connectivity index (χ0v) is 16.3. The van der Waals surface area contributed by atoms with E-state index in [1.54, 1.807) is 36.4 Å². The molecule has 0 saturated carbocycles. The van der Waals surface area contributed by atoms with E-state index >= 15 is 0 Å². The minimum Gasteiger partial charge on any atom is -0.493 e. The van der Waals surface area contributed by atoms with Gasteiger partial charge in [0.05, 0.1) is 12.7 Å². The standard InChI is InChI=1S/C17H16ClIN2O4/c1-24-15-6-10(2-5-14(15)25-9-16(20)22)8-21-17(23)12-4-3-11(18)7-13(12)19/h2-7H,8-9H2,1H3,(H2,20,22)(H,21,23). The largest absolute Gasteiger partial charge is 0.493 e. The van der Waals surface area contributed by atoms with Crippen LogP contribution in [0.2, 0.25) is 5.02 Å². The van der Waals surface area contributed by atoms with E-state index in [4.69, 9.17) is 26.8 Å². The van der Waals surface area contributed by atoms with E-state index in [0.717, 1.165) is 9.13 Å². The fourth-order valence-electron chi connectivity index (χ4n) is 2.04. The molecule has 2 aromatic rings. The van der Waals surface area contributed by atoms with Crippen molar-refractivity contribution in [2.24, 2.45) is 5.73 Å². The van der Waals surface area contributed by atoms with Crippen molar-refractivity contribution in [3.05, 3.63) is 56.1 Å². The average molecular weight is 475 g/mol. The summed E-state index contributed by atoms with van der Waals surface area (Å²) in [4.78, 5) is 23.1. The van der Waals surface area contributed by atoms with Crippen molar-refractivity contribution in [3.8, 4) is 11.5 Å². The molecule has 25 heavy (non-hydrogen) atoms. The molecule has 0 spiro atoms. The quantitative estimate of drug-likeness (QED) is 0.604. The molecular formula is C17H16ClIN2O4. The number of nitrogens with two attached hydrogens (primary N) is 1. The molecule has 0 aliphatic carbocycles. The van der Waals surface area contributed by atoms with E-state index in [1.165, 1.54) is 7.11 Å². The zero-order chi connectivity index (χ0) is 18.4. The Bertz CT molecular complexity index is 798. The minimum atomic E-state index is -0.573. The number of amides is 2. The highest BCUT2D eigenvalue weighted by Gasteiger charge is 2.11. The molecule has 6 nitrogen and oxygen atoms in total. The summed E-state index contributed by atoms with van der Waals surface area (Å²) in [7, 11) is 1.49. The van der Waals surface area contributed by atoms with Gasteiger partial charge in [-0.05, 0) is 58.5 Å². The van der Waals surface area contributed by atoms with Crippen molar-refractivity contribution in [2.45, 2.75) is 6.54 Å². The molecule has 0 atom stereocenters. The maximum atomic E-state index is 12.3. The molecule has 2 rings (SSSR count). The van der Waals surface area contributed by atoms with Crippen molar-refractivity contribution >= 4 is 46.0 Å². The number of carbonyl (C=O) groups excluding carboxylic acids is 2. The highest BCUT2D eigenvalue weighted by Crippen LogP contribution is 2.28. The van der Waals surface area contributed by atoms with Gasteiger partial charge in [0.15, 0.2) is 18.1 Å². The second-order valence-electron chi connectivity index (χ2n) is 5.05. The first-order chi connectivity index (χ1) is 11.9. The third kappa shape index (κ3) is 5.50. The molecule has 8 heteroatoms. The van der Waals surface area contributed by atoms with Crippen LogP contribution in [-0.4, -0.2) is 25.5 Å². The maximum Gasteiger partial charge on any atom is 0.255 e. The molecule has 2 aromatic carbocycles. The number of ether oxygens (including phenoxy) is 2. The van der Waals surface area contributed by atoms with E-state index < -0.39 is 5.91 Å². The number of benzene rings is 2. The van der Waals surface area contributed by atoms with Gasteiger partial charge in [-0.2, -0.15) is 0 Å². The Labute approximate surface area is 163 Å². The molecule has 132 valence electrons. The third-order valence-electron chi connectivity index (χ3n) is 3.23. The van der Waals surface area contributed by atoms with Crippen LogP contribution >= 0.6 is 34.2 Å². The average Bonchev–Trinajstić information content (AvgIpc) is 2.58. The van der Waals surface area contributed by atoms with E-state index in [1.807, 2.05) is 0 Å². The molecule has 0 aliphatic rings. The Morgan fingerprint density at radius 3 is 2.60 bits per heavy atom. The van der Waals surface area contributed by atoms with E-state index in [2.05, 4.69) is 27.9 Å². The highest BCUT2D eigenvalue weighted by atomic mass is 127. The van der Waals surface area contributed by atoms with Crippen molar-refractivity contribution < 1.29 is 19.1 Å². The van der Waals surface area contributed by atoms with Crippen LogP contribution < -0.4 is 20.5 Å². The van der Waals surface area contributed by atoms with E-state index in [9.17, 15) is 9.59 Å². The second-order valence-corrected chi connectivity index (χ2v) is 6.65. The van der Waals surface area contributed by atoms with Gasteiger partial charge < -0.3 is 20.5 Å². The van der Waals surface area contributed by atoms with Gasteiger partial charge in [-0.25, -0.2) is 0 Å². The number of hydrogen-bond donors (Lipinski definition) is 2. The van der Waals surface area contributed by atoms with Gasteiger partial charge >= 0.3 is 0 Å². The first kappa shape index (κ1) is 19.3. The summed E-state index contributed by atoms with van der Waals surface area (Å²) in [5.41, 5.74) is 6.43. The number of hydrogen-bond acceptors (Lipinski definition) is 4. The molecular weight excluding hydrogens is 459 g/mol. The van der Waals surface area contributed by atoms with Gasteiger partial charge in [0, 0.05) is 15.1 Å². The van der Waals surface area contributed by atoms with Crippen LogP contribution in [0.25, 0.3) is 0 Å². The number of primary amides is 1. The lowest BCUT2D eigenvalue weighted by Gasteiger charge is -2.12. The fraction of sp³-hybridized carbons (Fsp3) is 0.176. The predicted octanol–water partition coefficient (Wildman–Crippen LogP) is 2.75. The van der Waals surface area contributed by atoms with Crippen LogP contribution in [-0.2, 0) is 11.3 Å². The molecule has 0 fully saturated rings. The molecule has 0 bridgehead atoms. The Morgan fingerprint density at radius 1 is 1.20 bits per heavy atom. The second kappa shape index (κ2) is 8.91. The van der Waals surface area contributed by atoms with E-state index in [-0.39, 0.29) is 12.5 Å². The molecule has 0 unspecified atom stereocenters. The SMILES string of the molecule is COc1cc(CNC(=O)c2ccc(Cl)cc2I)ccc1OCC(N)=O. The zero-order valence-electron chi connectivity index (χ0n) is 13.3. The Hall–Kier alpha value is -2.00.